The van der Waals surface area contributed by atoms with E-state index < -0.39 is 29.2 Å². The van der Waals surface area contributed by atoms with Gasteiger partial charge in [-0.3, -0.25) is 19.1 Å². The third kappa shape index (κ3) is 2.84. The summed E-state index contributed by atoms with van der Waals surface area (Å²) >= 11 is 12.0. The highest BCUT2D eigenvalue weighted by Gasteiger charge is 2.39. The summed E-state index contributed by atoms with van der Waals surface area (Å²) in [4.78, 5) is 38.9. The van der Waals surface area contributed by atoms with Crippen LogP contribution in [0.5, 0.6) is 5.75 Å². The van der Waals surface area contributed by atoms with Crippen LogP contribution in [-0.4, -0.2) is 55.5 Å². The van der Waals surface area contributed by atoms with Gasteiger partial charge in [0.2, 0.25) is 5.43 Å². The second-order valence-corrected chi connectivity index (χ2v) is 7.14. The van der Waals surface area contributed by atoms with Crippen molar-refractivity contribution >= 4 is 35.0 Å². The number of fused-ring (bicyclic) bond motifs is 2. The first kappa shape index (κ1) is 18.8. The van der Waals surface area contributed by atoms with Crippen LogP contribution >= 0.6 is 23.2 Å². The molecule has 0 bridgehead atoms. The van der Waals surface area contributed by atoms with Crippen molar-refractivity contribution in [1.82, 2.24) is 24.6 Å². The summed E-state index contributed by atoms with van der Waals surface area (Å²) in [5.74, 6) is -2.01. The summed E-state index contributed by atoms with van der Waals surface area (Å²) in [5.41, 5.74) is -1.06. The summed E-state index contributed by atoms with van der Waals surface area (Å²) in [6.45, 7) is 0.888. The highest BCUT2D eigenvalue weighted by molar-refractivity contribution is 6.41. The van der Waals surface area contributed by atoms with Gasteiger partial charge in [0.25, 0.3) is 11.8 Å². The summed E-state index contributed by atoms with van der Waals surface area (Å²) < 4.78 is 8.19. The molecule has 2 aliphatic rings. The number of carbonyl (C=O) groups is 2. The van der Waals surface area contributed by atoms with Crippen molar-refractivity contribution in [2.24, 2.45) is 7.05 Å². The van der Waals surface area contributed by atoms with Crippen LogP contribution in [0, 0.1) is 0 Å². The molecule has 0 aliphatic carbocycles. The molecule has 2 amide bonds. The number of pyridine rings is 1. The molecule has 0 aromatic carbocycles. The Kier molecular flexibility index (Phi) is 4.56. The summed E-state index contributed by atoms with van der Waals surface area (Å²) in [6.07, 6.45) is 0.753. The number of nitrogens with one attached hydrogen (secondary N) is 1. The van der Waals surface area contributed by atoms with E-state index in [4.69, 9.17) is 27.9 Å². The Balaban J connectivity index is 1.62. The van der Waals surface area contributed by atoms with Crippen LogP contribution in [-0.2, 0) is 24.9 Å². The lowest BCUT2D eigenvalue weighted by Gasteiger charge is -2.31. The Morgan fingerprint density at radius 1 is 1.43 bits per heavy atom. The molecule has 10 nitrogen and oxygen atoms in total. The summed E-state index contributed by atoms with van der Waals surface area (Å²) in [6, 6.07) is 0. The second kappa shape index (κ2) is 6.80. The van der Waals surface area contributed by atoms with Gasteiger partial charge in [0.05, 0.1) is 19.7 Å². The molecule has 2 aromatic rings. The molecule has 1 saturated heterocycles. The van der Waals surface area contributed by atoms with Gasteiger partial charge in [0.1, 0.15) is 21.4 Å². The first-order valence-electron chi connectivity index (χ1n) is 8.33. The Morgan fingerprint density at radius 3 is 2.86 bits per heavy atom. The van der Waals surface area contributed by atoms with E-state index >= 15 is 0 Å². The van der Waals surface area contributed by atoms with E-state index in [1.807, 2.05) is 0 Å². The maximum absolute atomic E-state index is 12.5. The molecule has 0 spiro atoms. The van der Waals surface area contributed by atoms with Crippen molar-refractivity contribution in [2.45, 2.75) is 19.3 Å². The van der Waals surface area contributed by atoms with Crippen molar-refractivity contribution in [1.29, 1.82) is 0 Å². The average molecular weight is 428 g/mol. The van der Waals surface area contributed by atoms with E-state index in [2.05, 4.69) is 10.4 Å². The van der Waals surface area contributed by atoms with E-state index in [1.54, 1.807) is 7.05 Å². The predicted octanol–water partition coefficient (Wildman–Crippen LogP) is 0.336. The molecule has 0 radical (unpaired) electrons. The van der Waals surface area contributed by atoms with Gasteiger partial charge in [0, 0.05) is 19.8 Å². The van der Waals surface area contributed by atoms with Crippen molar-refractivity contribution < 1.29 is 19.4 Å². The van der Waals surface area contributed by atoms with Crippen LogP contribution in [0.15, 0.2) is 11.0 Å². The van der Waals surface area contributed by atoms with Crippen molar-refractivity contribution in [3.63, 3.8) is 0 Å². The molecular weight excluding hydrogens is 413 g/mol. The minimum absolute atomic E-state index is 0.0708. The van der Waals surface area contributed by atoms with Crippen LogP contribution in [0.2, 0.25) is 10.2 Å². The van der Waals surface area contributed by atoms with Gasteiger partial charge < -0.3 is 24.6 Å². The lowest BCUT2D eigenvalue weighted by Crippen LogP contribution is -2.46. The largest absolute Gasteiger partial charge is 0.503 e. The molecule has 2 aliphatic heterocycles. The maximum atomic E-state index is 12.5. The number of aromatic nitrogens is 3. The van der Waals surface area contributed by atoms with Crippen LogP contribution in [0.25, 0.3) is 0 Å². The molecule has 2 aromatic heterocycles. The molecule has 4 heterocycles. The van der Waals surface area contributed by atoms with Crippen LogP contribution < -0.4 is 10.7 Å². The van der Waals surface area contributed by atoms with E-state index in [1.165, 1.54) is 20.3 Å². The number of carbonyl (C=O) groups excluding carboxylic acids is 2. The second-order valence-electron chi connectivity index (χ2n) is 6.40. The Labute approximate surface area is 168 Å². The Bertz CT molecular complexity index is 1060. The number of aromatic hydroxyl groups is 1. The van der Waals surface area contributed by atoms with Gasteiger partial charge in [-0.05, 0) is 0 Å². The van der Waals surface area contributed by atoms with E-state index in [9.17, 15) is 19.5 Å². The lowest BCUT2D eigenvalue weighted by molar-refractivity contribution is 0.00845. The van der Waals surface area contributed by atoms with Gasteiger partial charge in [0.15, 0.2) is 17.7 Å². The first-order valence-corrected chi connectivity index (χ1v) is 9.09. The first-order chi connectivity index (χ1) is 13.3. The zero-order chi connectivity index (χ0) is 20.2. The van der Waals surface area contributed by atoms with E-state index in [0.717, 1.165) is 0 Å². The lowest BCUT2D eigenvalue weighted by atomic mass is 10.1. The highest BCUT2D eigenvalue weighted by Crippen LogP contribution is 2.27. The Morgan fingerprint density at radius 2 is 2.18 bits per heavy atom. The minimum atomic E-state index is -0.930. The molecule has 28 heavy (non-hydrogen) atoms. The minimum Gasteiger partial charge on any atom is -0.503 e. The molecule has 1 fully saturated rings. The van der Waals surface area contributed by atoms with Crippen molar-refractivity contribution in [2.75, 3.05) is 13.2 Å². The zero-order valence-electron chi connectivity index (χ0n) is 14.6. The smallest absolute Gasteiger partial charge is 0.276 e. The van der Waals surface area contributed by atoms with Gasteiger partial charge in [-0.1, -0.05) is 23.2 Å². The number of amides is 2. The standard InChI is InChI=1S/C16H15Cl2N5O5/c1-21-14(18)10(17)8(20-21)4-19-15(26)7-5-22-6-9-23(2-3-28-9)16(27)11(22)13(25)12(7)24/h5,9,25H,2-4,6H2,1H3,(H,19,26). The third-order valence-corrected chi connectivity index (χ3v) is 5.64. The predicted molar refractivity (Wildman–Crippen MR) is 97.5 cm³/mol. The molecule has 2 N–H and O–H groups in total. The van der Waals surface area contributed by atoms with Crippen LogP contribution in [0.3, 0.4) is 0 Å². The number of hydrogen-bond acceptors (Lipinski definition) is 6. The van der Waals surface area contributed by atoms with Gasteiger partial charge in [-0.2, -0.15) is 5.10 Å². The monoisotopic (exact) mass is 427 g/mol. The molecule has 1 unspecified atom stereocenters. The molecule has 1 atom stereocenters. The number of aryl methyl sites for hydroxylation is 1. The van der Waals surface area contributed by atoms with Crippen LogP contribution in [0.4, 0.5) is 0 Å². The number of nitrogens with zero attached hydrogens (tertiary/aromatic N) is 4. The van der Waals surface area contributed by atoms with E-state index in [-0.39, 0.29) is 34.5 Å². The molecule has 12 heteroatoms. The van der Waals surface area contributed by atoms with Gasteiger partial charge in [-0.15, -0.1) is 0 Å². The Hall–Kier alpha value is -2.56. The number of halogens is 2. The fourth-order valence-corrected chi connectivity index (χ4v) is 3.66. The van der Waals surface area contributed by atoms with Gasteiger partial charge >= 0.3 is 0 Å². The fourth-order valence-electron chi connectivity index (χ4n) is 3.29. The number of ether oxygens (including phenoxy) is 1. The number of rotatable bonds is 3. The molecule has 148 valence electrons. The molecule has 0 saturated carbocycles. The quantitative estimate of drug-likeness (QED) is 0.728. The maximum Gasteiger partial charge on any atom is 0.276 e. The molecular formula is C16H15Cl2N5O5. The topological polar surface area (TPSA) is 119 Å². The summed E-state index contributed by atoms with van der Waals surface area (Å²) in [5, 5.41) is 17.3. The SMILES string of the molecule is Cn1nc(CNC(=O)c2cn3c(c(O)c2=O)C(=O)N2CCOC2C3)c(Cl)c1Cl. The summed E-state index contributed by atoms with van der Waals surface area (Å²) in [7, 11) is 1.60. The highest BCUT2D eigenvalue weighted by atomic mass is 35.5. The third-order valence-electron chi connectivity index (χ3n) is 4.71. The zero-order valence-corrected chi connectivity index (χ0v) is 16.1. The van der Waals surface area contributed by atoms with Crippen molar-refractivity contribution in [3.05, 3.63) is 43.5 Å². The normalized spacial score (nSPS) is 18.2. The van der Waals surface area contributed by atoms with Gasteiger partial charge in [-0.25, -0.2) is 0 Å². The van der Waals surface area contributed by atoms with Crippen LogP contribution in [0.1, 0.15) is 26.5 Å². The average Bonchev–Trinajstić information content (AvgIpc) is 3.23. The number of hydrogen-bond donors (Lipinski definition) is 2. The van der Waals surface area contributed by atoms with E-state index in [0.29, 0.717) is 18.8 Å². The fraction of sp³-hybridized carbons (Fsp3) is 0.375. The molecule has 4 rings (SSSR count). The van der Waals surface area contributed by atoms with Crippen molar-refractivity contribution in [3.8, 4) is 5.75 Å².